The van der Waals surface area contributed by atoms with Crippen LogP contribution in [0.2, 0.25) is 0 Å². The number of rotatable bonds is 5. The minimum atomic E-state index is -0.980. The zero-order chi connectivity index (χ0) is 15.9. The van der Waals surface area contributed by atoms with E-state index in [9.17, 15) is 9.59 Å². The zero-order valence-electron chi connectivity index (χ0n) is 11.4. The van der Waals surface area contributed by atoms with Gasteiger partial charge < -0.3 is 10.2 Å². The number of aromatic carboxylic acids is 2. The summed E-state index contributed by atoms with van der Waals surface area (Å²) in [5.41, 5.74) is 1.87. The molecule has 0 saturated carbocycles. The molecule has 0 saturated heterocycles. The molecule has 0 aromatic heterocycles. The average molecular weight is 296 g/mol. The van der Waals surface area contributed by atoms with Crippen LogP contribution in [0.15, 0.2) is 58.7 Å². The fourth-order valence-corrected chi connectivity index (χ4v) is 1.62. The Bertz CT molecular complexity index is 666. The number of hydrogen-bond acceptors (Lipinski definition) is 4. The Kier molecular flexibility index (Phi) is 4.77. The molecule has 0 spiro atoms. The predicted molar refractivity (Wildman–Crippen MR) is 82.0 cm³/mol. The van der Waals surface area contributed by atoms with Gasteiger partial charge in [-0.3, -0.25) is 0 Å². The van der Waals surface area contributed by atoms with E-state index >= 15 is 0 Å². The molecule has 2 N–H and O–H groups in total. The van der Waals surface area contributed by atoms with Gasteiger partial charge in [-0.15, -0.1) is 0 Å². The van der Waals surface area contributed by atoms with Crippen LogP contribution in [0.3, 0.4) is 0 Å². The molecule has 22 heavy (non-hydrogen) atoms. The molecular formula is C16H12N2O4. The molecule has 6 heteroatoms. The summed E-state index contributed by atoms with van der Waals surface area (Å²) in [5.74, 6) is -1.96. The van der Waals surface area contributed by atoms with E-state index in [-0.39, 0.29) is 11.1 Å². The highest BCUT2D eigenvalue weighted by Gasteiger charge is 2.01. The third kappa shape index (κ3) is 4.11. The SMILES string of the molecule is O=C(O)c1ccc(/C=N/N=C/c2ccc(C(=O)O)cc2)cc1. The van der Waals surface area contributed by atoms with Crippen molar-refractivity contribution in [3.05, 3.63) is 70.8 Å². The van der Waals surface area contributed by atoms with Gasteiger partial charge in [-0.1, -0.05) is 24.3 Å². The predicted octanol–water partition coefficient (Wildman–Crippen LogP) is 2.54. The Labute approximate surface area is 126 Å². The average Bonchev–Trinajstić information content (AvgIpc) is 2.52. The highest BCUT2D eigenvalue weighted by molar-refractivity contribution is 5.90. The molecule has 0 atom stereocenters. The number of carboxylic acid groups (broad SMARTS) is 2. The van der Waals surface area contributed by atoms with Crippen LogP contribution in [0.25, 0.3) is 0 Å². The highest BCUT2D eigenvalue weighted by atomic mass is 16.4. The van der Waals surface area contributed by atoms with Crippen LogP contribution in [-0.4, -0.2) is 34.6 Å². The highest BCUT2D eigenvalue weighted by Crippen LogP contribution is 2.04. The summed E-state index contributed by atoms with van der Waals surface area (Å²) >= 11 is 0. The number of nitrogens with zero attached hydrogens (tertiary/aromatic N) is 2. The molecule has 6 nitrogen and oxygen atoms in total. The molecule has 0 unspecified atom stereocenters. The second-order valence-corrected chi connectivity index (χ2v) is 4.34. The first-order chi connectivity index (χ1) is 10.6. The van der Waals surface area contributed by atoms with Gasteiger partial charge in [0.1, 0.15) is 0 Å². The third-order valence-electron chi connectivity index (χ3n) is 2.80. The third-order valence-corrected chi connectivity index (χ3v) is 2.80. The van der Waals surface area contributed by atoms with Gasteiger partial charge >= 0.3 is 11.9 Å². The summed E-state index contributed by atoms with van der Waals surface area (Å²) in [6, 6.07) is 12.5. The fourth-order valence-electron chi connectivity index (χ4n) is 1.62. The molecule has 0 amide bonds. The maximum absolute atomic E-state index is 10.7. The first kappa shape index (κ1) is 15.1. The normalized spacial score (nSPS) is 11.1. The Morgan fingerprint density at radius 3 is 1.27 bits per heavy atom. The maximum atomic E-state index is 10.7. The van der Waals surface area contributed by atoms with Crippen LogP contribution < -0.4 is 0 Å². The van der Waals surface area contributed by atoms with Crippen molar-refractivity contribution in [1.29, 1.82) is 0 Å². The molecule has 2 rings (SSSR count). The van der Waals surface area contributed by atoms with Gasteiger partial charge in [-0.2, -0.15) is 10.2 Å². The number of benzene rings is 2. The summed E-state index contributed by atoms with van der Waals surface area (Å²) in [7, 11) is 0. The first-order valence-corrected chi connectivity index (χ1v) is 6.29. The molecule has 0 radical (unpaired) electrons. The van der Waals surface area contributed by atoms with E-state index < -0.39 is 11.9 Å². The van der Waals surface area contributed by atoms with E-state index in [0.29, 0.717) is 0 Å². The molecule has 0 heterocycles. The van der Waals surface area contributed by atoms with Crippen molar-refractivity contribution in [2.75, 3.05) is 0 Å². The lowest BCUT2D eigenvalue weighted by Gasteiger charge is -1.95. The van der Waals surface area contributed by atoms with Crippen LogP contribution in [-0.2, 0) is 0 Å². The van der Waals surface area contributed by atoms with E-state index in [0.717, 1.165) is 11.1 Å². The first-order valence-electron chi connectivity index (χ1n) is 6.29. The van der Waals surface area contributed by atoms with Gasteiger partial charge in [0.25, 0.3) is 0 Å². The standard InChI is InChI=1S/C16H12N2O4/c19-15(20)13-5-1-11(2-6-13)9-17-18-10-12-3-7-14(8-4-12)16(21)22/h1-10H,(H,19,20)(H,21,22)/b17-9+,18-10+. The molecule has 0 aliphatic heterocycles. The quantitative estimate of drug-likeness (QED) is 0.654. The molecule has 0 aliphatic rings. The van der Waals surface area contributed by atoms with Crippen LogP contribution in [0.1, 0.15) is 31.8 Å². The number of hydrogen-bond donors (Lipinski definition) is 2. The summed E-state index contributed by atoms with van der Waals surface area (Å²) in [6.45, 7) is 0. The van der Waals surface area contributed by atoms with Gasteiger partial charge in [-0.25, -0.2) is 9.59 Å². The van der Waals surface area contributed by atoms with Crippen LogP contribution in [0.4, 0.5) is 0 Å². The summed E-state index contributed by atoms with van der Waals surface area (Å²) in [6.07, 6.45) is 2.99. The van der Waals surface area contributed by atoms with Crippen molar-refractivity contribution in [3.8, 4) is 0 Å². The van der Waals surface area contributed by atoms with Crippen LogP contribution in [0, 0.1) is 0 Å². The van der Waals surface area contributed by atoms with Gasteiger partial charge in [0.05, 0.1) is 23.6 Å². The Morgan fingerprint density at radius 1 is 0.682 bits per heavy atom. The Balaban J connectivity index is 1.99. The number of carbonyl (C=O) groups is 2. The summed E-state index contributed by atoms with van der Waals surface area (Å²) < 4.78 is 0. The van der Waals surface area contributed by atoms with Crippen molar-refractivity contribution in [2.24, 2.45) is 10.2 Å². The van der Waals surface area contributed by atoms with Crippen LogP contribution >= 0.6 is 0 Å². The van der Waals surface area contributed by atoms with E-state index in [1.165, 1.54) is 36.7 Å². The topological polar surface area (TPSA) is 99.3 Å². The lowest BCUT2D eigenvalue weighted by atomic mass is 10.1. The van der Waals surface area contributed by atoms with E-state index in [1.54, 1.807) is 24.3 Å². The van der Waals surface area contributed by atoms with Gasteiger partial charge in [-0.05, 0) is 35.4 Å². The van der Waals surface area contributed by atoms with Crippen molar-refractivity contribution >= 4 is 24.4 Å². The van der Waals surface area contributed by atoms with Crippen molar-refractivity contribution in [2.45, 2.75) is 0 Å². The molecule has 0 aliphatic carbocycles. The Hall–Kier alpha value is -3.28. The summed E-state index contributed by atoms with van der Waals surface area (Å²) in [5, 5.41) is 25.3. The minimum absolute atomic E-state index is 0.208. The molecule has 2 aromatic carbocycles. The smallest absolute Gasteiger partial charge is 0.335 e. The molecular weight excluding hydrogens is 284 g/mol. The molecule has 2 aromatic rings. The second-order valence-electron chi connectivity index (χ2n) is 4.34. The lowest BCUT2D eigenvalue weighted by Crippen LogP contribution is -1.95. The minimum Gasteiger partial charge on any atom is -0.478 e. The van der Waals surface area contributed by atoms with Gasteiger partial charge in [0.2, 0.25) is 0 Å². The van der Waals surface area contributed by atoms with E-state index in [2.05, 4.69) is 10.2 Å². The zero-order valence-corrected chi connectivity index (χ0v) is 11.4. The molecule has 110 valence electrons. The number of carboxylic acids is 2. The van der Waals surface area contributed by atoms with Gasteiger partial charge in [0.15, 0.2) is 0 Å². The van der Waals surface area contributed by atoms with Crippen molar-refractivity contribution in [1.82, 2.24) is 0 Å². The van der Waals surface area contributed by atoms with E-state index in [4.69, 9.17) is 10.2 Å². The molecule has 0 fully saturated rings. The molecule has 0 bridgehead atoms. The Morgan fingerprint density at radius 2 is 1.00 bits per heavy atom. The maximum Gasteiger partial charge on any atom is 0.335 e. The van der Waals surface area contributed by atoms with E-state index in [1.807, 2.05) is 0 Å². The van der Waals surface area contributed by atoms with Crippen molar-refractivity contribution in [3.63, 3.8) is 0 Å². The lowest BCUT2D eigenvalue weighted by molar-refractivity contribution is 0.0686. The monoisotopic (exact) mass is 296 g/mol. The van der Waals surface area contributed by atoms with Gasteiger partial charge in [0, 0.05) is 0 Å². The van der Waals surface area contributed by atoms with Crippen LogP contribution in [0.5, 0.6) is 0 Å². The second kappa shape index (κ2) is 6.94. The fraction of sp³-hybridized carbons (Fsp3) is 0. The van der Waals surface area contributed by atoms with Crippen molar-refractivity contribution < 1.29 is 19.8 Å². The largest absolute Gasteiger partial charge is 0.478 e. The summed E-state index contributed by atoms with van der Waals surface area (Å²) in [4.78, 5) is 21.4.